The molecule has 1 aromatic rings. The van der Waals surface area contributed by atoms with Gasteiger partial charge in [0.15, 0.2) is 0 Å². The smallest absolute Gasteiger partial charge is 0 e. The molecule has 0 fully saturated rings. The molecule has 0 N–H and O–H groups in total. The monoisotopic (exact) mass is 253 g/mol. The van der Waals surface area contributed by atoms with Crippen LogP contribution in [0.1, 0.15) is 39.3 Å². The van der Waals surface area contributed by atoms with Crippen LogP contribution in [0.25, 0.3) is 0 Å². The number of rotatable bonds is 1. The second-order valence-electron chi connectivity index (χ2n) is 2.81. The average molecular weight is 253 g/mol. The number of hydrogen-bond acceptors (Lipinski definition) is 2. The van der Waals surface area contributed by atoms with E-state index >= 15 is 0 Å². The van der Waals surface area contributed by atoms with Gasteiger partial charge in [-0.15, -0.1) is 6.20 Å². The van der Waals surface area contributed by atoms with E-state index < -0.39 is 0 Å². The number of nitrogens with zero attached hydrogens (tertiary/aromatic N) is 2. The van der Waals surface area contributed by atoms with E-state index in [1.54, 1.807) is 12.4 Å². The molecule has 13 heavy (non-hydrogen) atoms. The van der Waals surface area contributed by atoms with Gasteiger partial charge in [-0.2, -0.15) is 13.8 Å². The fraction of sp³-hybridized carbons (Fsp3) is 0.500. The SMILES string of the molecule is CC(C)c1cnc[c-]n1.C[CH-]C.[Y]. The molecule has 1 heterocycles. The molecular formula is C10H16N2Y-2. The van der Waals surface area contributed by atoms with Gasteiger partial charge in [0.2, 0.25) is 0 Å². The van der Waals surface area contributed by atoms with Crippen molar-refractivity contribution in [1.82, 2.24) is 9.97 Å². The molecule has 0 aromatic carbocycles. The summed E-state index contributed by atoms with van der Waals surface area (Å²) in [5.74, 6) is 0.454. The van der Waals surface area contributed by atoms with Gasteiger partial charge in [0, 0.05) is 32.7 Å². The van der Waals surface area contributed by atoms with Crippen LogP contribution in [0.3, 0.4) is 0 Å². The van der Waals surface area contributed by atoms with Gasteiger partial charge in [-0.3, -0.25) is 0 Å². The molecule has 0 saturated heterocycles. The molecule has 0 saturated carbocycles. The second-order valence-corrected chi connectivity index (χ2v) is 2.81. The van der Waals surface area contributed by atoms with Crippen molar-refractivity contribution < 1.29 is 32.7 Å². The van der Waals surface area contributed by atoms with E-state index in [1.165, 1.54) is 0 Å². The average Bonchev–Trinajstić information content (AvgIpc) is 2.07. The van der Waals surface area contributed by atoms with Gasteiger partial charge in [-0.25, -0.2) is 0 Å². The fourth-order valence-corrected chi connectivity index (χ4v) is 0.557. The largest absolute Gasteiger partial charge is 0.453 e. The van der Waals surface area contributed by atoms with E-state index in [0.29, 0.717) is 5.92 Å². The summed E-state index contributed by atoms with van der Waals surface area (Å²) in [5.41, 5.74) is 0.998. The van der Waals surface area contributed by atoms with Crippen molar-refractivity contribution in [3.05, 3.63) is 30.7 Å². The molecule has 1 rings (SSSR count). The Morgan fingerprint density at radius 2 is 1.92 bits per heavy atom. The summed E-state index contributed by atoms with van der Waals surface area (Å²) in [6, 6.07) is 0. The Morgan fingerprint density at radius 1 is 1.38 bits per heavy atom. The van der Waals surface area contributed by atoms with Gasteiger partial charge < -0.3 is 16.4 Å². The molecule has 0 amide bonds. The third-order valence-corrected chi connectivity index (χ3v) is 1.12. The Morgan fingerprint density at radius 3 is 2.15 bits per heavy atom. The van der Waals surface area contributed by atoms with E-state index in [2.05, 4.69) is 30.0 Å². The van der Waals surface area contributed by atoms with Crippen molar-refractivity contribution >= 4 is 0 Å². The molecule has 0 atom stereocenters. The van der Waals surface area contributed by atoms with Gasteiger partial charge >= 0.3 is 0 Å². The summed E-state index contributed by atoms with van der Waals surface area (Å²) in [4.78, 5) is 7.88. The van der Waals surface area contributed by atoms with Crippen LogP contribution in [0.15, 0.2) is 12.4 Å². The summed E-state index contributed by atoms with van der Waals surface area (Å²) in [6.07, 6.45) is 8.01. The molecule has 3 heteroatoms. The third-order valence-electron chi connectivity index (χ3n) is 1.12. The van der Waals surface area contributed by atoms with Crippen LogP contribution in [0, 0.1) is 12.6 Å². The molecule has 0 aliphatic carbocycles. The topological polar surface area (TPSA) is 25.8 Å². The predicted octanol–water partition coefficient (Wildman–Crippen LogP) is 2.63. The molecule has 71 valence electrons. The van der Waals surface area contributed by atoms with Crippen molar-refractivity contribution in [2.45, 2.75) is 33.6 Å². The minimum atomic E-state index is 0. The first-order chi connectivity index (χ1) is 5.72. The van der Waals surface area contributed by atoms with Crippen LogP contribution in [0.4, 0.5) is 0 Å². The van der Waals surface area contributed by atoms with Gasteiger partial charge in [0.25, 0.3) is 0 Å². The first kappa shape index (κ1) is 15.6. The van der Waals surface area contributed by atoms with E-state index in [1.807, 2.05) is 20.3 Å². The molecular weight excluding hydrogens is 237 g/mol. The van der Waals surface area contributed by atoms with Crippen molar-refractivity contribution in [1.29, 1.82) is 0 Å². The molecule has 0 aliphatic heterocycles. The summed E-state index contributed by atoms with van der Waals surface area (Å²) >= 11 is 0. The summed E-state index contributed by atoms with van der Waals surface area (Å²) in [6.45, 7) is 8.16. The van der Waals surface area contributed by atoms with Crippen molar-refractivity contribution in [3.8, 4) is 0 Å². The fourth-order valence-electron chi connectivity index (χ4n) is 0.557. The Balaban J connectivity index is 0. The van der Waals surface area contributed by atoms with Crippen molar-refractivity contribution in [2.75, 3.05) is 0 Å². The minimum Gasteiger partial charge on any atom is -0.453 e. The maximum absolute atomic E-state index is 3.99. The van der Waals surface area contributed by atoms with E-state index in [4.69, 9.17) is 0 Å². The van der Waals surface area contributed by atoms with E-state index in [9.17, 15) is 0 Å². The zero-order chi connectivity index (χ0) is 9.40. The zero-order valence-electron chi connectivity index (χ0n) is 8.78. The Hall–Kier alpha value is 0.184. The summed E-state index contributed by atoms with van der Waals surface area (Å²) < 4.78 is 0. The van der Waals surface area contributed by atoms with Crippen LogP contribution in [-0.2, 0) is 32.7 Å². The predicted molar refractivity (Wildman–Crippen MR) is 50.6 cm³/mol. The molecule has 1 radical (unpaired) electrons. The first-order valence-electron chi connectivity index (χ1n) is 4.14. The van der Waals surface area contributed by atoms with Crippen molar-refractivity contribution in [2.24, 2.45) is 0 Å². The molecule has 0 spiro atoms. The van der Waals surface area contributed by atoms with Gasteiger partial charge in [0.1, 0.15) is 0 Å². The standard InChI is InChI=1S/C7H9N2.C3H7.Y/c1-6(2)7-5-8-3-4-9-7;1-3-2;/h3,5-6H,1-2H3;3H,1-2H3;/q2*-1;. The van der Waals surface area contributed by atoms with Crippen LogP contribution < -0.4 is 0 Å². The molecule has 2 nitrogen and oxygen atoms in total. The summed E-state index contributed by atoms with van der Waals surface area (Å²) in [7, 11) is 0. The maximum Gasteiger partial charge on any atom is 0 e. The van der Waals surface area contributed by atoms with Crippen LogP contribution in [0.5, 0.6) is 0 Å². The Bertz CT molecular complexity index is 187. The van der Waals surface area contributed by atoms with E-state index in [0.717, 1.165) is 5.69 Å². The van der Waals surface area contributed by atoms with Gasteiger partial charge in [0.05, 0.1) is 0 Å². The minimum absolute atomic E-state index is 0. The third kappa shape index (κ3) is 8.51. The zero-order valence-corrected chi connectivity index (χ0v) is 11.6. The van der Waals surface area contributed by atoms with Crippen LogP contribution in [0.2, 0.25) is 0 Å². The maximum atomic E-state index is 3.99. The van der Waals surface area contributed by atoms with E-state index in [-0.39, 0.29) is 32.7 Å². The van der Waals surface area contributed by atoms with Crippen LogP contribution >= 0.6 is 0 Å². The molecule has 0 bridgehead atoms. The number of aromatic nitrogens is 2. The normalized spacial score (nSPS) is 8.38. The Labute approximate surface area is 106 Å². The summed E-state index contributed by atoms with van der Waals surface area (Å²) in [5, 5.41) is 0. The first-order valence-corrected chi connectivity index (χ1v) is 4.14. The van der Waals surface area contributed by atoms with Gasteiger partial charge in [-0.05, 0) is 12.4 Å². The second kappa shape index (κ2) is 10.3. The molecule has 0 unspecified atom stereocenters. The van der Waals surface area contributed by atoms with Gasteiger partial charge in [-0.1, -0.05) is 25.5 Å². The van der Waals surface area contributed by atoms with Crippen molar-refractivity contribution in [3.63, 3.8) is 0 Å². The molecule has 0 aliphatic rings. The van der Waals surface area contributed by atoms with Crippen LogP contribution in [-0.4, -0.2) is 9.97 Å². The molecule has 1 aromatic heterocycles. The number of hydrogen-bond donors (Lipinski definition) is 0. The Kier molecular flexibility index (Phi) is 12.4. The quantitative estimate of drug-likeness (QED) is 0.719.